The molecule has 0 aromatic carbocycles. The summed E-state index contributed by atoms with van der Waals surface area (Å²) in [7, 11) is 0. The van der Waals surface area contributed by atoms with Crippen molar-refractivity contribution in [3.05, 3.63) is 11.6 Å². The first-order valence-electron chi connectivity index (χ1n) is 13.5. The van der Waals surface area contributed by atoms with Gasteiger partial charge in [0, 0.05) is 19.8 Å². The predicted molar refractivity (Wildman–Crippen MR) is 129 cm³/mol. The highest BCUT2D eigenvalue weighted by atomic mass is 16.5. The van der Waals surface area contributed by atoms with Crippen molar-refractivity contribution < 1.29 is 14.3 Å². The van der Waals surface area contributed by atoms with Gasteiger partial charge in [0.25, 0.3) is 0 Å². The molecule has 0 aliphatic heterocycles. The fourth-order valence-corrected chi connectivity index (χ4v) is 8.82. The van der Waals surface area contributed by atoms with Crippen molar-refractivity contribution in [3.63, 3.8) is 0 Å². The Bertz CT molecular complexity index is 766. The molecule has 0 bridgehead atoms. The van der Waals surface area contributed by atoms with E-state index in [4.69, 9.17) is 4.74 Å². The number of carbonyl (C=O) groups is 2. The van der Waals surface area contributed by atoms with Gasteiger partial charge in [0.05, 0.1) is 5.41 Å². The fourth-order valence-electron chi connectivity index (χ4n) is 8.82. The van der Waals surface area contributed by atoms with Crippen molar-refractivity contribution in [3.8, 4) is 0 Å². The minimum Gasteiger partial charge on any atom is -0.462 e. The summed E-state index contributed by atoms with van der Waals surface area (Å²) in [5.41, 5.74) is 1.38. The average molecular weight is 443 g/mol. The van der Waals surface area contributed by atoms with Crippen LogP contribution >= 0.6 is 0 Å². The molecule has 0 amide bonds. The van der Waals surface area contributed by atoms with Crippen LogP contribution in [0.25, 0.3) is 0 Å². The van der Waals surface area contributed by atoms with Gasteiger partial charge in [-0.05, 0) is 80.0 Å². The Labute approximate surface area is 196 Å². The van der Waals surface area contributed by atoms with Crippen LogP contribution < -0.4 is 0 Å². The van der Waals surface area contributed by atoms with E-state index in [1.165, 1.54) is 57.4 Å². The van der Waals surface area contributed by atoms with Crippen LogP contribution in [0.5, 0.6) is 0 Å². The minimum absolute atomic E-state index is 0.257. The minimum atomic E-state index is -0.331. The maximum Gasteiger partial charge on any atom is 0.302 e. The summed E-state index contributed by atoms with van der Waals surface area (Å²) < 4.78 is 5.46. The van der Waals surface area contributed by atoms with E-state index in [-0.39, 0.29) is 17.5 Å². The second kappa shape index (κ2) is 8.91. The van der Waals surface area contributed by atoms with Crippen LogP contribution in [0.3, 0.4) is 0 Å². The quantitative estimate of drug-likeness (QED) is 0.324. The smallest absolute Gasteiger partial charge is 0.302 e. The first kappa shape index (κ1) is 24.0. The molecule has 0 heterocycles. The monoisotopic (exact) mass is 442 g/mol. The average Bonchev–Trinajstić information content (AvgIpc) is 3.05. The van der Waals surface area contributed by atoms with E-state index in [2.05, 4.69) is 40.7 Å². The maximum absolute atomic E-state index is 13.5. The standard InChI is InChI=1S/C29H46O3/c1-18(2)8-7-9-19(3)24-12-13-25-23-11-10-21-16-22(32-20(4)30)17-27(31)29(21,6)26(23)14-15-28(24,25)5/h10,18-19,22-26H,7-9,11-17H2,1-6H3/t19-,22-,23+,24-,25+,26+,28-,29+/m1/s1. The molecule has 0 aromatic heterocycles. The lowest BCUT2D eigenvalue weighted by molar-refractivity contribution is -0.153. The molecular formula is C29H46O3. The summed E-state index contributed by atoms with van der Waals surface area (Å²) in [6, 6.07) is 0. The van der Waals surface area contributed by atoms with Gasteiger partial charge in [-0.25, -0.2) is 0 Å². The summed E-state index contributed by atoms with van der Waals surface area (Å²) in [5, 5.41) is 0. The number of carbonyl (C=O) groups excluding carboxylic acids is 2. The van der Waals surface area contributed by atoms with Gasteiger partial charge in [-0.15, -0.1) is 0 Å². The molecule has 4 aliphatic rings. The Hall–Kier alpha value is -1.12. The molecule has 0 spiro atoms. The van der Waals surface area contributed by atoms with E-state index in [0.29, 0.717) is 29.5 Å². The van der Waals surface area contributed by atoms with Gasteiger partial charge < -0.3 is 4.74 Å². The van der Waals surface area contributed by atoms with Crippen LogP contribution in [0.4, 0.5) is 0 Å². The largest absolute Gasteiger partial charge is 0.462 e. The van der Waals surface area contributed by atoms with Crippen molar-refractivity contribution in [2.24, 2.45) is 46.3 Å². The summed E-state index contributed by atoms with van der Waals surface area (Å²) in [5.74, 6) is 4.38. The van der Waals surface area contributed by atoms with Gasteiger partial charge in [0.1, 0.15) is 11.9 Å². The summed E-state index contributed by atoms with van der Waals surface area (Å²) >= 11 is 0. The van der Waals surface area contributed by atoms with Crippen molar-refractivity contribution in [2.45, 2.75) is 112 Å². The molecule has 0 saturated heterocycles. The second-order valence-electron chi connectivity index (χ2n) is 12.6. The summed E-state index contributed by atoms with van der Waals surface area (Å²) in [4.78, 5) is 25.0. The lowest BCUT2D eigenvalue weighted by Crippen LogP contribution is -2.54. The van der Waals surface area contributed by atoms with Crippen LogP contribution in [0.15, 0.2) is 11.6 Å². The van der Waals surface area contributed by atoms with E-state index in [1.54, 1.807) is 0 Å². The Morgan fingerprint density at radius 2 is 1.84 bits per heavy atom. The number of Topliss-reactive ketones (excluding diaryl/α,β-unsaturated/α-hetero) is 1. The number of esters is 1. The third-order valence-electron chi connectivity index (χ3n) is 10.5. The van der Waals surface area contributed by atoms with Gasteiger partial charge in [-0.1, -0.05) is 58.6 Å². The van der Waals surface area contributed by atoms with Crippen molar-refractivity contribution in [1.29, 1.82) is 0 Å². The summed E-state index contributed by atoms with van der Waals surface area (Å²) in [6.07, 6.45) is 13.7. The Morgan fingerprint density at radius 3 is 2.53 bits per heavy atom. The number of rotatable bonds is 6. The molecular weight excluding hydrogens is 396 g/mol. The number of hydrogen-bond donors (Lipinski definition) is 0. The predicted octanol–water partition coefficient (Wildman–Crippen LogP) is 7.14. The lowest BCUT2D eigenvalue weighted by Gasteiger charge is -2.57. The molecule has 4 rings (SSSR count). The molecule has 3 saturated carbocycles. The topological polar surface area (TPSA) is 43.4 Å². The highest BCUT2D eigenvalue weighted by Crippen LogP contribution is 2.66. The zero-order valence-corrected chi connectivity index (χ0v) is 21.4. The molecule has 32 heavy (non-hydrogen) atoms. The first-order chi connectivity index (χ1) is 15.1. The first-order valence-corrected chi connectivity index (χ1v) is 13.5. The fraction of sp³-hybridized carbons (Fsp3) is 0.862. The molecule has 3 heteroatoms. The molecule has 3 fully saturated rings. The van der Waals surface area contributed by atoms with Crippen LogP contribution in [-0.2, 0) is 14.3 Å². The number of ether oxygens (including phenoxy) is 1. The van der Waals surface area contributed by atoms with Gasteiger partial charge in [0.2, 0.25) is 0 Å². The number of fused-ring (bicyclic) bond motifs is 5. The Kier molecular flexibility index (Phi) is 6.69. The molecule has 0 radical (unpaired) electrons. The molecule has 0 aromatic rings. The molecule has 0 N–H and O–H groups in total. The Morgan fingerprint density at radius 1 is 1.09 bits per heavy atom. The van der Waals surface area contributed by atoms with Crippen LogP contribution in [0, 0.1) is 46.3 Å². The Balaban J connectivity index is 1.51. The van der Waals surface area contributed by atoms with Crippen molar-refractivity contribution >= 4 is 11.8 Å². The molecule has 4 aliphatic carbocycles. The van der Waals surface area contributed by atoms with E-state index >= 15 is 0 Å². The number of hydrogen-bond acceptors (Lipinski definition) is 3. The number of allylic oxidation sites excluding steroid dienone is 1. The zero-order valence-electron chi connectivity index (χ0n) is 21.4. The van der Waals surface area contributed by atoms with E-state index in [1.807, 2.05) is 0 Å². The third kappa shape index (κ3) is 4.00. The zero-order chi connectivity index (χ0) is 23.3. The molecule has 8 atom stereocenters. The number of ketones is 1. The van der Waals surface area contributed by atoms with Gasteiger partial charge in [-0.2, -0.15) is 0 Å². The van der Waals surface area contributed by atoms with E-state index in [0.717, 1.165) is 36.5 Å². The normalized spacial score (nSPS) is 42.0. The summed E-state index contributed by atoms with van der Waals surface area (Å²) in [6.45, 7) is 13.5. The SMILES string of the molecule is CC(=O)O[C@H]1CC(=O)[C@@]2(C)C(=CC[C@@H]3[C@@H]2CC[C@]2(C)[C@@H]([C@H](C)CCCC(C)C)CC[C@@H]32)C1. The van der Waals surface area contributed by atoms with Crippen LogP contribution in [-0.4, -0.2) is 17.9 Å². The third-order valence-corrected chi connectivity index (χ3v) is 10.5. The van der Waals surface area contributed by atoms with Crippen molar-refractivity contribution in [1.82, 2.24) is 0 Å². The second-order valence-corrected chi connectivity index (χ2v) is 12.6. The van der Waals surface area contributed by atoms with E-state index in [9.17, 15) is 9.59 Å². The maximum atomic E-state index is 13.5. The lowest BCUT2D eigenvalue weighted by atomic mass is 9.46. The van der Waals surface area contributed by atoms with Gasteiger partial charge in [0.15, 0.2) is 0 Å². The van der Waals surface area contributed by atoms with Gasteiger partial charge in [-0.3, -0.25) is 9.59 Å². The van der Waals surface area contributed by atoms with Gasteiger partial charge >= 0.3 is 5.97 Å². The van der Waals surface area contributed by atoms with Crippen LogP contribution in [0.2, 0.25) is 0 Å². The van der Waals surface area contributed by atoms with Crippen molar-refractivity contribution in [2.75, 3.05) is 0 Å². The van der Waals surface area contributed by atoms with Crippen LogP contribution in [0.1, 0.15) is 106 Å². The molecule has 180 valence electrons. The molecule has 3 nitrogen and oxygen atoms in total. The highest BCUT2D eigenvalue weighted by molar-refractivity contribution is 5.90. The highest BCUT2D eigenvalue weighted by Gasteiger charge is 2.61. The molecule has 0 unspecified atom stereocenters. The van der Waals surface area contributed by atoms with E-state index < -0.39 is 0 Å².